The normalized spacial score (nSPS) is 15.5. The number of hydrogen-bond donors (Lipinski definition) is 1. The Morgan fingerprint density at radius 2 is 2.20 bits per heavy atom. The first-order chi connectivity index (χ1) is 7.36. The number of aromatic nitrogens is 3. The molecule has 0 aliphatic heterocycles. The predicted molar refractivity (Wildman–Crippen MR) is 57.7 cm³/mol. The van der Waals surface area contributed by atoms with Gasteiger partial charge >= 0.3 is 0 Å². The van der Waals surface area contributed by atoms with Crippen LogP contribution in [-0.2, 0) is 0 Å². The molecule has 0 spiro atoms. The minimum absolute atomic E-state index is 0.578. The van der Waals surface area contributed by atoms with Crippen LogP contribution in [0.4, 0.5) is 5.69 Å². The van der Waals surface area contributed by atoms with E-state index in [2.05, 4.69) is 10.1 Å². The largest absolute Gasteiger partial charge is 0.396 e. The van der Waals surface area contributed by atoms with Crippen LogP contribution in [0.1, 0.15) is 24.5 Å². The van der Waals surface area contributed by atoms with E-state index in [-0.39, 0.29) is 0 Å². The Balaban J connectivity index is 2.12. The Morgan fingerprint density at radius 3 is 2.87 bits per heavy atom. The monoisotopic (exact) mass is 200 g/mol. The second kappa shape index (κ2) is 3.08. The van der Waals surface area contributed by atoms with Crippen LogP contribution in [0.25, 0.3) is 5.82 Å². The zero-order valence-corrected chi connectivity index (χ0v) is 8.30. The molecule has 76 valence electrons. The van der Waals surface area contributed by atoms with Crippen LogP contribution >= 0.6 is 0 Å². The molecule has 2 N–H and O–H groups in total. The van der Waals surface area contributed by atoms with Crippen molar-refractivity contribution in [1.29, 1.82) is 0 Å². The van der Waals surface area contributed by atoms with E-state index in [1.807, 2.05) is 22.9 Å². The lowest BCUT2D eigenvalue weighted by atomic mass is 10.2. The highest BCUT2D eigenvalue weighted by Gasteiger charge is 2.30. The van der Waals surface area contributed by atoms with Gasteiger partial charge in [-0.3, -0.25) is 0 Å². The zero-order chi connectivity index (χ0) is 10.3. The van der Waals surface area contributed by atoms with Gasteiger partial charge in [0.2, 0.25) is 0 Å². The summed E-state index contributed by atoms with van der Waals surface area (Å²) in [6, 6.07) is 5.79. The van der Waals surface area contributed by atoms with Gasteiger partial charge in [-0.05, 0) is 25.0 Å². The molecule has 15 heavy (non-hydrogen) atoms. The molecule has 0 bridgehead atoms. The average molecular weight is 200 g/mol. The van der Waals surface area contributed by atoms with Crippen molar-refractivity contribution in [3.05, 3.63) is 36.3 Å². The van der Waals surface area contributed by atoms with Gasteiger partial charge in [0, 0.05) is 12.1 Å². The summed E-state index contributed by atoms with van der Waals surface area (Å²) in [4.78, 5) is 4.28. The molecule has 4 nitrogen and oxygen atoms in total. The number of anilines is 1. The van der Waals surface area contributed by atoms with Crippen LogP contribution < -0.4 is 5.73 Å². The van der Waals surface area contributed by atoms with Crippen LogP contribution in [0, 0.1) is 0 Å². The summed E-state index contributed by atoms with van der Waals surface area (Å²) in [6.45, 7) is 0. The smallest absolute Gasteiger partial charge is 0.153 e. The number of rotatable bonds is 2. The second-order valence-electron chi connectivity index (χ2n) is 3.86. The summed E-state index contributed by atoms with van der Waals surface area (Å²) in [6.07, 6.45) is 5.90. The Kier molecular flexibility index (Phi) is 1.74. The highest BCUT2D eigenvalue weighted by atomic mass is 15.3. The van der Waals surface area contributed by atoms with E-state index in [0.717, 1.165) is 17.2 Å². The summed E-state index contributed by atoms with van der Waals surface area (Å²) in [5, 5.41) is 4.28. The van der Waals surface area contributed by atoms with Gasteiger partial charge in [-0.25, -0.2) is 9.67 Å². The van der Waals surface area contributed by atoms with E-state index in [0.29, 0.717) is 5.92 Å². The van der Waals surface area contributed by atoms with Gasteiger partial charge in [0.1, 0.15) is 0 Å². The first-order valence-corrected chi connectivity index (χ1v) is 5.11. The molecule has 1 saturated carbocycles. The van der Waals surface area contributed by atoms with Crippen molar-refractivity contribution in [3.8, 4) is 5.82 Å². The maximum absolute atomic E-state index is 5.91. The Morgan fingerprint density at radius 1 is 1.33 bits per heavy atom. The summed E-state index contributed by atoms with van der Waals surface area (Å²) in [5.41, 5.74) is 7.81. The van der Waals surface area contributed by atoms with Gasteiger partial charge in [-0.1, -0.05) is 6.07 Å². The van der Waals surface area contributed by atoms with E-state index in [1.165, 1.54) is 12.8 Å². The number of nitrogen functional groups attached to an aromatic ring is 1. The molecule has 0 saturated heterocycles. The van der Waals surface area contributed by atoms with Crippen LogP contribution in [0.5, 0.6) is 0 Å². The lowest BCUT2D eigenvalue weighted by Crippen LogP contribution is -2.04. The van der Waals surface area contributed by atoms with E-state index >= 15 is 0 Å². The van der Waals surface area contributed by atoms with E-state index in [9.17, 15) is 0 Å². The summed E-state index contributed by atoms with van der Waals surface area (Å²) >= 11 is 0. The highest BCUT2D eigenvalue weighted by molar-refractivity contribution is 5.47. The first kappa shape index (κ1) is 8.47. The SMILES string of the molecule is Nc1cnn(-c2ccccn2)c1C1CC1. The molecule has 1 aliphatic rings. The molecule has 3 rings (SSSR count). The molecule has 2 aromatic rings. The van der Waals surface area contributed by atoms with Gasteiger partial charge in [-0.15, -0.1) is 0 Å². The summed E-state index contributed by atoms with van der Waals surface area (Å²) in [5.74, 6) is 1.42. The van der Waals surface area contributed by atoms with Crippen LogP contribution in [0.3, 0.4) is 0 Å². The zero-order valence-electron chi connectivity index (χ0n) is 8.30. The van der Waals surface area contributed by atoms with Crippen molar-refractivity contribution in [1.82, 2.24) is 14.8 Å². The summed E-state index contributed by atoms with van der Waals surface area (Å²) in [7, 11) is 0. The van der Waals surface area contributed by atoms with Crippen LogP contribution in [0.15, 0.2) is 30.6 Å². The Bertz CT molecular complexity index is 471. The van der Waals surface area contributed by atoms with Crippen molar-refractivity contribution in [3.63, 3.8) is 0 Å². The van der Waals surface area contributed by atoms with Crippen molar-refractivity contribution in [2.45, 2.75) is 18.8 Å². The van der Waals surface area contributed by atoms with Crippen molar-refractivity contribution >= 4 is 5.69 Å². The lowest BCUT2D eigenvalue weighted by molar-refractivity contribution is 0.785. The topological polar surface area (TPSA) is 56.7 Å². The van der Waals surface area contributed by atoms with E-state index < -0.39 is 0 Å². The molecule has 2 heterocycles. The van der Waals surface area contributed by atoms with Gasteiger partial charge in [-0.2, -0.15) is 5.10 Å². The molecule has 0 amide bonds. The minimum atomic E-state index is 0.578. The Labute approximate surface area is 87.7 Å². The second-order valence-corrected chi connectivity index (χ2v) is 3.86. The molecular formula is C11H12N4. The van der Waals surface area contributed by atoms with Crippen LogP contribution in [0.2, 0.25) is 0 Å². The fraction of sp³-hybridized carbons (Fsp3) is 0.273. The maximum Gasteiger partial charge on any atom is 0.153 e. The highest BCUT2D eigenvalue weighted by Crippen LogP contribution is 2.43. The van der Waals surface area contributed by atoms with Crippen molar-refractivity contribution < 1.29 is 0 Å². The molecule has 0 aromatic carbocycles. The van der Waals surface area contributed by atoms with Gasteiger partial charge in [0.15, 0.2) is 5.82 Å². The number of nitrogens with zero attached hydrogens (tertiary/aromatic N) is 3. The maximum atomic E-state index is 5.91. The molecule has 1 aliphatic carbocycles. The molecule has 2 aromatic heterocycles. The standard InChI is InChI=1S/C11H12N4/c12-9-7-14-15(11(9)8-4-5-8)10-3-1-2-6-13-10/h1-3,6-8H,4-5,12H2. The number of pyridine rings is 1. The number of hydrogen-bond acceptors (Lipinski definition) is 3. The third kappa shape index (κ3) is 1.38. The molecule has 4 heteroatoms. The molecule has 0 radical (unpaired) electrons. The molecule has 0 atom stereocenters. The predicted octanol–water partition coefficient (Wildman–Crippen LogP) is 1.73. The summed E-state index contributed by atoms with van der Waals surface area (Å²) < 4.78 is 1.85. The van der Waals surface area contributed by atoms with E-state index in [1.54, 1.807) is 12.4 Å². The fourth-order valence-corrected chi connectivity index (χ4v) is 1.80. The lowest BCUT2D eigenvalue weighted by Gasteiger charge is -2.05. The quantitative estimate of drug-likeness (QED) is 0.803. The minimum Gasteiger partial charge on any atom is -0.396 e. The Hall–Kier alpha value is -1.84. The third-order valence-corrected chi connectivity index (χ3v) is 2.67. The molecule has 1 fully saturated rings. The third-order valence-electron chi connectivity index (χ3n) is 2.67. The van der Waals surface area contributed by atoms with Crippen molar-refractivity contribution in [2.24, 2.45) is 0 Å². The van der Waals surface area contributed by atoms with Gasteiger partial charge in [0.05, 0.1) is 17.6 Å². The molecular weight excluding hydrogens is 188 g/mol. The van der Waals surface area contributed by atoms with Crippen molar-refractivity contribution in [2.75, 3.05) is 5.73 Å². The number of nitrogens with two attached hydrogens (primary N) is 1. The van der Waals surface area contributed by atoms with E-state index in [4.69, 9.17) is 5.73 Å². The van der Waals surface area contributed by atoms with Gasteiger partial charge in [0.25, 0.3) is 0 Å². The average Bonchev–Trinajstić information content (AvgIpc) is 3.03. The van der Waals surface area contributed by atoms with Crippen LogP contribution in [-0.4, -0.2) is 14.8 Å². The first-order valence-electron chi connectivity index (χ1n) is 5.11. The fourth-order valence-electron chi connectivity index (χ4n) is 1.80. The molecule has 0 unspecified atom stereocenters. The van der Waals surface area contributed by atoms with Gasteiger partial charge < -0.3 is 5.73 Å².